The van der Waals surface area contributed by atoms with Crippen LogP contribution in [0.5, 0.6) is 0 Å². The molecule has 3 amide bonds. The van der Waals surface area contributed by atoms with Gasteiger partial charge in [-0.15, -0.1) is 0 Å². The predicted molar refractivity (Wildman–Crippen MR) is 181 cm³/mol. The highest BCUT2D eigenvalue weighted by molar-refractivity contribution is 7.89. The molecule has 2 aromatic carbocycles. The van der Waals surface area contributed by atoms with Gasteiger partial charge in [0.2, 0.25) is 17.8 Å². The maximum absolute atomic E-state index is 14.5. The number of anilines is 2. The lowest BCUT2D eigenvalue weighted by Gasteiger charge is -2.28. The molecule has 2 saturated heterocycles. The van der Waals surface area contributed by atoms with E-state index in [0.717, 1.165) is 21.0 Å². The summed E-state index contributed by atoms with van der Waals surface area (Å²) in [4.78, 5) is 59.2. The van der Waals surface area contributed by atoms with Crippen LogP contribution in [0.2, 0.25) is 10.0 Å². The van der Waals surface area contributed by atoms with Gasteiger partial charge in [0.05, 0.1) is 18.4 Å². The Bertz CT molecular complexity index is 2120. The average Bonchev–Trinajstić information content (AvgIpc) is 3.84. The van der Waals surface area contributed by atoms with Gasteiger partial charge in [-0.05, 0) is 49.1 Å². The van der Waals surface area contributed by atoms with Crippen molar-refractivity contribution >= 4 is 68.5 Å². The van der Waals surface area contributed by atoms with E-state index in [9.17, 15) is 22.8 Å². The lowest BCUT2D eigenvalue weighted by Crippen LogP contribution is -2.45. The SMILES string of the molecule is CN1CC(=O)NC1=NC(=O)[C@@H]1CCCN1S(=O)(=O)c1cnc2n1[C@](C)(Cc1ccc(-c3cncnc3)cc1)C(=O)N2c1cc(Cl)cc(Cl)c1. The van der Waals surface area contributed by atoms with Gasteiger partial charge in [0.25, 0.3) is 21.8 Å². The first kappa shape index (κ1) is 32.8. The molecule has 0 radical (unpaired) electrons. The zero-order valence-corrected chi connectivity index (χ0v) is 28.6. The first-order valence-electron chi connectivity index (χ1n) is 15.3. The number of guanidine groups is 1. The molecular formula is C32H29Cl2N9O5S. The third-order valence-corrected chi connectivity index (χ3v) is 11.1. The topological polar surface area (TPSA) is 163 Å². The molecule has 5 heterocycles. The Morgan fingerprint density at radius 1 is 1.04 bits per heavy atom. The second-order valence-corrected chi connectivity index (χ2v) is 14.9. The quantitative estimate of drug-likeness (QED) is 0.301. The van der Waals surface area contributed by atoms with Crippen LogP contribution in [0.15, 0.2) is 77.4 Å². The number of fused-ring (bicyclic) bond motifs is 1. The molecule has 2 aromatic heterocycles. The fourth-order valence-electron chi connectivity index (χ4n) is 6.51. The van der Waals surface area contributed by atoms with E-state index in [2.05, 4.69) is 25.3 Å². The van der Waals surface area contributed by atoms with Gasteiger partial charge >= 0.3 is 0 Å². The zero-order valence-electron chi connectivity index (χ0n) is 26.2. The van der Waals surface area contributed by atoms with Gasteiger partial charge in [-0.3, -0.25) is 24.3 Å². The maximum atomic E-state index is 14.5. The molecule has 0 aliphatic carbocycles. The summed E-state index contributed by atoms with van der Waals surface area (Å²) in [5.41, 5.74) is 1.25. The van der Waals surface area contributed by atoms with Crippen molar-refractivity contribution in [1.82, 2.24) is 34.0 Å². The number of rotatable bonds is 7. The number of aliphatic imine (C=N–C) groups is 1. The van der Waals surface area contributed by atoms with Gasteiger partial charge in [0.15, 0.2) is 5.03 Å². The van der Waals surface area contributed by atoms with Crippen LogP contribution < -0.4 is 10.2 Å². The Morgan fingerprint density at radius 3 is 2.39 bits per heavy atom. The third-order valence-electron chi connectivity index (χ3n) is 8.84. The number of amides is 3. The lowest BCUT2D eigenvalue weighted by atomic mass is 9.91. The van der Waals surface area contributed by atoms with Crippen molar-refractivity contribution in [3.8, 4) is 11.1 Å². The molecule has 2 atom stereocenters. The van der Waals surface area contributed by atoms with Crippen molar-refractivity contribution in [2.24, 2.45) is 4.99 Å². The highest BCUT2D eigenvalue weighted by Crippen LogP contribution is 2.45. The number of likely N-dealkylation sites (N-methyl/N-ethyl adjacent to an activating group) is 1. The number of benzene rings is 2. The summed E-state index contributed by atoms with van der Waals surface area (Å²) in [6, 6.07) is 11.0. The Labute approximate surface area is 291 Å². The molecule has 2 fully saturated rings. The number of halogens is 2. The van der Waals surface area contributed by atoms with Crippen LogP contribution in [0.1, 0.15) is 25.3 Å². The number of hydrogen-bond acceptors (Lipinski definition) is 8. The molecule has 14 nitrogen and oxygen atoms in total. The van der Waals surface area contributed by atoms with Crippen LogP contribution in [0.25, 0.3) is 11.1 Å². The van der Waals surface area contributed by atoms with Gasteiger partial charge in [0, 0.05) is 48.0 Å². The molecule has 3 aliphatic heterocycles. The Morgan fingerprint density at radius 2 is 1.73 bits per heavy atom. The number of sulfonamides is 1. The van der Waals surface area contributed by atoms with Gasteiger partial charge in [0.1, 0.15) is 17.9 Å². The summed E-state index contributed by atoms with van der Waals surface area (Å²) < 4.78 is 31.6. The molecule has 3 aliphatic rings. The smallest absolute Gasteiger partial charge is 0.267 e. The van der Waals surface area contributed by atoms with Gasteiger partial charge in [-0.1, -0.05) is 47.5 Å². The molecule has 252 valence electrons. The van der Waals surface area contributed by atoms with E-state index < -0.39 is 33.4 Å². The zero-order chi connectivity index (χ0) is 34.7. The molecule has 1 N–H and O–H groups in total. The van der Waals surface area contributed by atoms with E-state index in [0.29, 0.717) is 12.1 Å². The minimum Gasteiger partial charge on any atom is -0.336 e. The van der Waals surface area contributed by atoms with Gasteiger partial charge in [-0.25, -0.2) is 28.3 Å². The van der Waals surface area contributed by atoms with E-state index >= 15 is 0 Å². The Hall–Kier alpha value is -4.70. The number of hydrogen-bond donors (Lipinski definition) is 1. The Kier molecular flexibility index (Phi) is 8.25. The number of carbonyl (C=O) groups is 3. The number of aromatic nitrogens is 4. The average molecular weight is 723 g/mol. The highest BCUT2D eigenvalue weighted by atomic mass is 35.5. The summed E-state index contributed by atoms with van der Waals surface area (Å²) in [6.45, 7) is 1.74. The second-order valence-electron chi connectivity index (χ2n) is 12.2. The summed E-state index contributed by atoms with van der Waals surface area (Å²) in [7, 11) is -2.83. The fourth-order valence-corrected chi connectivity index (χ4v) is 8.87. The van der Waals surface area contributed by atoms with Crippen molar-refractivity contribution in [2.75, 3.05) is 25.0 Å². The first-order chi connectivity index (χ1) is 23.4. The van der Waals surface area contributed by atoms with E-state index in [1.807, 2.05) is 24.3 Å². The molecule has 4 aromatic rings. The van der Waals surface area contributed by atoms with Gasteiger partial charge in [-0.2, -0.15) is 9.30 Å². The number of carbonyl (C=O) groups excluding carboxylic acids is 3. The van der Waals surface area contributed by atoms with E-state index in [-0.39, 0.29) is 58.8 Å². The molecule has 7 rings (SSSR count). The van der Waals surface area contributed by atoms with Crippen molar-refractivity contribution in [3.05, 3.63) is 83.0 Å². The van der Waals surface area contributed by atoms with Crippen LogP contribution in [-0.4, -0.2) is 87.0 Å². The summed E-state index contributed by atoms with van der Waals surface area (Å²) in [5, 5.41) is 2.81. The molecule has 17 heteroatoms. The lowest BCUT2D eigenvalue weighted by molar-refractivity contribution is -0.124. The van der Waals surface area contributed by atoms with Crippen LogP contribution in [-0.2, 0) is 36.4 Å². The summed E-state index contributed by atoms with van der Waals surface area (Å²) in [6.07, 6.45) is 6.76. The monoisotopic (exact) mass is 721 g/mol. The van der Waals surface area contributed by atoms with Crippen molar-refractivity contribution in [1.29, 1.82) is 0 Å². The van der Waals surface area contributed by atoms with E-state index in [4.69, 9.17) is 23.2 Å². The van der Waals surface area contributed by atoms with Crippen LogP contribution in [0.3, 0.4) is 0 Å². The normalized spacial score (nSPS) is 21.9. The minimum absolute atomic E-state index is 0.0328. The fraction of sp³-hybridized carbons (Fsp3) is 0.281. The van der Waals surface area contributed by atoms with Crippen LogP contribution in [0, 0.1) is 0 Å². The standard InChI is InChI=1S/C32H29Cl2N9O5S/c1-32(13-19-5-7-20(8-6-19)21-14-35-18-36-15-21)29(46)42(24-11-22(33)10-23(34)12-24)31-37-16-27(43(31)32)49(47,48)41-9-3-4-25(41)28(45)39-30-38-26(44)17-40(30)2/h5-8,10-12,14-16,18,25H,3-4,9,13,17H2,1-2H3,(H,38,39,44,45)/t25-,32+/m0/s1. The molecule has 49 heavy (non-hydrogen) atoms. The minimum atomic E-state index is -4.43. The number of nitrogens with zero attached hydrogens (tertiary/aromatic N) is 8. The van der Waals surface area contributed by atoms with Crippen LogP contribution in [0.4, 0.5) is 11.6 Å². The third kappa shape index (κ3) is 5.75. The first-order valence-corrected chi connectivity index (χ1v) is 17.4. The molecule has 0 unspecified atom stereocenters. The van der Waals surface area contributed by atoms with Crippen molar-refractivity contribution < 1.29 is 22.8 Å². The van der Waals surface area contributed by atoms with E-state index in [1.165, 1.54) is 33.0 Å². The number of nitrogens with one attached hydrogen (secondary N) is 1. The van der Waals surface area contributed by atoms with Crippen molar-refractivity contribution in [2.45, 2.75) is 42.8 Å². The maximum Gasteiger partial charge on any atom is 0.267 e. The number of imidazole rings is 1. The molecular weight excluding hydrogens is 693 g/mol. The predicted octanol–water partition coefficient (Wildman–Crippen LogP) is 3.38. The summed E-state index contributed by atoms with van der Waals surface area (Å²) >= 11 is 12.7. The Balaban J connectivity index is 1.29. The van der Waals surface area contributed by atoms with E-state index in [1.54, 1.807) is 38.5 Å². The van der Waals surface area contributed by atoms with Crippen LogP contribution >= 0.6 is 23.2 Å². The molecule has 0 bridgehead atoms. The summed E-state index contributed by atoms with van der Waals surface area (Å²) in [5.74, 6) is -1.36. The van der Waals surface area contributed by atoms with Crippen molar-refractivity contribution in [3.63, 3.8) is 0 Å². The second kappa shape index (κ2) is 12.3. The van der Waals surface area contributed by atoms with Gasteiger partial charge < -0.3 is 4.90 Å². The largest absolute Gasteiger partial charge is 0.336 e. The molecule has 0 saturated carbocycles. The highest BCUT2D eigenvalue weighted by Gasteiger charge is 2.53. The molecule has 0 spiro atoms.